The summed E-state index contributed by atoms with van der Waals surface area (Å²) < 4.78 is 26.1. The molecular weight excluding hydrogens is 224 g/mol. The predicted octanol–water partition coefficient (Wildman–Crippen LogP) is 2.12. The summed E-state index contributed by atoms with van der Waals surface area (Å²) >= 11 is 5.81. The van der Waals surface area contributed by atoms with Gasteiger partial charge in [0.05, 0.1) is 12.9 Å². The first-order valence-electron chi connectivity index (χ1n) is 3.98. The molecule has 0 spiro atoms. The molecular formula is C9H11ClO3S. The number of hydrogen-bond acceptors (Lipinski definition) is 3. The maximum atomic E-state index is 10.7. The van der Waals surface area contributed by atoms with Crippen molar-refractivity contribution >= 4 is 21.7 Å². The van der Waals surface area contributed by atoms with Crippen molar-refractivity contribution in [2.24, 2.45) is 0 Å². The lowest BCUT2D eigenvalue weighted by molar-refractivity contribution is 0.311. The Morgan fingerprint density at radius 1 is 1.43 bits per heavy atom. The van der Waals surface area contributed by atoms with E-state index >= 15 is 0 Å². The lowest BCUT2D eigenvalue weighted by atomic mass is 10.1. The smallest absolute Gasteiger partial charge is 0.264 e. The minimum Gasteiger partial charge on any atom is -0.265 e. The topological polar surface area (TPSA) is 43.4 Å². The third-order valence-corrected chi connectivity index (χ3v) is 2.63. The second-order valence-electron chi connectivity index (χ2n) is 3.05. The zero-order valence-corrected chi connectivity index (χ0v) is 9.52. The zero-order valence-electron chi connectivity index (χ0n) is 7.95. The van der Waals surface area contributed by atoms with Gasteiger partial charge in [0.2, 0.25) is 0 Å². The second kappa shape index (κ2) is 4.29. The minimum absolute atomic E-state index is 0.0524. The number of halogens is 1. The van der Waals surface area contributed by atoms with E-state index in [0.29, 0.717) is 5.02 Å². The third-order valence-electron chi connectivity index (χ3n) is 1.66. The van der Waals surface area contributed by atoms with Crippen LogP contribution in [0.5, 0.6) is 0 Å². The molecule has 0 N–H and O–H groups in total. The Hall–Kier alpha value is -0.580. The highest BCUT2D eigenvalue weighted by atomic mass is 35.5. The van der Waals surface area contributed by atoms with E-state index in [9.17, 15) is 8.42 Å². The standard InChI is InChI=1S/C9H11ClO3S/c1-7-5-8(3-4-9(7)10)6-13-14(2,11)12/h3-5H,6H2,1-2H3. The molecule has 0 saturated heterocycles. The van der Waals surface area contributed by atoms with Gasteiger partial charge < -0.3 is 0 Å². The van der Waals surface area contributed by atoms with Gasteiger partial charge in [-0.05, 0) is 24.1 Å². The largest absolute Gasteiger partial charge is 0.265 e. The van der Waals surface area contributed by atoms with Crippen molar-refractivity contribution in [1.82, 2.24) is 0 Å². The SMILES string of the molecule is Cc1cc(COS(C)(=O)=O)ccc1Cl. The molecule has 1 aromatic rings. The zero-order chi connectivity index (χ0) is 10.8. The van der Waals surface area contributed by atoms with Crippen LogP contribution in [-0.4, -0.2) is 14.7 Å². The van der Waals surface area contributed by atoms with Crippen LogP contribution >= 0.6 is 11.6 Å². The Labute approximate surface area is 88.8 Å². The summed E-state index contributed by atoms with van der Waals surface area (Å²) in [5.74, 6) is 0. The Balaban J connectivity index is 2.74. The highest BCUT2D eigenvalue weighted by Gasteiger charge is 2.03. The fourth-order valence-electron chi connectivity index (χ4n) is 0.972. The van der Waals surface area contributed by atoms with Gasteiger partial charge in [-0.3, -0.25) is 4.18 Å². The summed E-state index contributed by atoms with van der Waals surface area (Å²) in [5.41, 5.74) is 1.69. The molecule has 0 heterocycles. The fourth-order valence-corrected chi connectivity index (χ4v) is 1.44. The molecule has 14 heavy (non-hydrogen) atoms. The first kappa shape index (κ1) is 11.5. The number of benzene rings is 1. The summed E-state index contributed by atoms with van der Waals surface area (Å²) in [6, 6.07) is 5.26. The molecule has 0 radical (unpaired) electrons. The third kappa shape index (κ3) is 3.65. The van der Waals surface area contributed by atoms with Crippen molar-refractivity contribution < 1.29 is 12.6 Å². The van der Waals surface area contributed by atoms with Gasteiger partial charge in [0.1, 0.15) is 0 Å². The summed E-state index contributed by atoms with van der Waals surface area (Å²) in [4.78, 5) is 0. The molecule has 78 valence electrons. The molecule has 5 heteroatoms. The quantitative estimate of drug-likeness (QED) is 0.753. The Kier molecular flexibility index (Phi) is 3.53. The Bertz CT molecular complexity index is 426. The van der Waals surface area contributed by atoms with Crippen LogP contribution in [0.4, 0.5) is 0 Å². The Morgan fingerprint density at radius 2 is 2.07 bits per heavy atom. The van der Waals surface area contributed by atoms with Crippen LogP contribution in [0.25, 0.3) is 0 Å². The number of hydrogen-bond donors (Lipinski definition) is 0. The van der Waals surface area contributed by atoms with Gasteiger partial charge in [0, 0.05) is 5.02 Å². The summed E-state index contributed by atoms with van der Waals surface area (Å²) in [7, 11) is -3.38. The maximum Gasteiger partial charge on any atom is 0.264 e. The van der Waals surface area contributed by atoms with E-state index < -0.39 is 10.1 Å². The van der Waals surface area contributed by atoms with Crippen LogP contribution in [0.2, 0.25) is 5.02 Å². The van der Waals surface area contributed by atoms with Gasteiger partial charge in [0.25, 0.3) is 10.1 Å². The van der Waals surface area contributed by atoms with Gasteiger partial charge in [-0.2, -0.15) is 8.42 Å². The molecule has 0 bridgehead atoms. The molecule has 0 aromatic heterocycles. The molecule has 0 aliphatic rings. The van der Waals surface area contributed by atoms with Gasteiger partial charge in [0.15, 0.2) is 0 Å². The minimum atomic E-state index is -3.38. The molecule has 1 rings (SSSR count). The molecule has 1 aromatic carbocycles. The van der Waals surface area contributed by atoms with E-state index in [1.54, 1.807) is 18.2 Å². The van der Waals surface area contributed by atoms with Crippen LogP contribution in [0.15, 0.2) is 18.2 Å². The lowest BCUT2D eigenvalue weighted by Crippen LogP contribution is -2.02. The van der Waals surface area contributed by atoms with Gasteiger partial charge in [-0.25, -0.2) is 0 Å². The van der Waals surface area contributed by atoms with Crippen molar-refractivity contribution in [3.05, 3.63) is 34.3 Å². The van der Waals surface area contributed by atoms with Crippen LogP contribution in [0.3, 0.4) is 0 Å². The van der Waals surface area contributed by atoms with Gasteiger partial charge >= 0.3 is 0 Å². The molecule has 0 amide bonds. The van der Waals surface area contributed by atoms with Crippen LogP contribution < -0.4 is 0 Å². The molecule has 3 nitrogen and oxygen atoms in total. The average molecular weight is 235 g/mol. The van der Waals surface area contributed by atoms with Crippen LogP contribution in [0.1, 0.15) is 11.1 Å². The van der Waals surface area contributed by atoms with Crippen molar-refractivity contribution in [2.45, 2.75) is 13.5 Å². The van der Waals surface area contributed by atoms with Crippen molar-refractivity contribution in [1.29, 1.82) is 0 Å². The first-order valence-corrected chi connectivity index (χ1v) is 6.17. The summed E-state index contributed by atoms with van der Waals surface area (Å²) in [6.45, 7) is 1.91. The first-order chi connectivity index (χ1) is 6.38. The van der Waals surface area contributed by atoms with E-state index in [-0.39, 0.29) is 6.61 Å². The van der Waals surface area contributed by atoms with Gasteiger partial charge in [-0.15, -0.1) is 0 Å². The highest BCUT2D eigenvalue weighted by molar-refractivity contribution is 7.85. The fraction of sp³-hybridized carbons (Fsp3) is 0.333. The lowest BCUT2D eigenvalue weighted by Gasteiger charge is -2.03. The van der Waals surface area contributed by atoms with Crippen molar-refractivity contribution in [2.75, 3.05) is 6.26 Å². The summed E-state index contributed by atoms with van der Waals surface area (Å²) in [5, 5.41) is 0.660. The van der Waals surface area contributed by atoms with Crippen molar-refractivity contribution in [3.8, 4) is 0 Å². The number of aryl methyl sites for hydroxylation is 1. The summed E-state index contributed by atoms with van der Waals surface area (Å²) in [6.07, 6.45) is 1.02. The molecule has 0 aliphatic heterocycles. The predicted molar refractivity (Wildman–Crippen MR) is 55.8 cm³/mol. The normalized spacial score (nSPS) is 11.6. The molecule has 0 atom stereocenters. The highest BCUT2D eigenvalue weighted by Crippen LogP contribution is 2.16. The molecule has 0 unspecified atom stereocenters. The molecule has 0 fully saturated rings. The van der Waals surface area contributed by atoms with Crippen LogP contribution in [0, 0.1) is 6.92 Å². The van der Waals surface area contributed by atoms with Crippen LogP contribution in [-0.2, 0) is 20.9 Å². The van der Waals surface area contributed by atoms with E-state index in [0.717, 1.165) is 17.4 Å². The second-order valence-corrected chi connectivity index (χ2v) is 5.10. The van der Waals surface area contributed by atoms with E-state index in [1.165, 1.54) is 0 Å². The maximum absolute atomic E-state index is 10.7. The van der Waals surface area contributed by atoms with E-state index in [4.69, 9.17) is 11.6 Å². The van der Waals surface area contributed by atoms with E-state index in [1.807, 2.05) is 6.92 Å². The molecule has 0 saturated carbocycles. The van der Waals surface area contributed by atoms with Gasteiger partial charge in [-0.1, -0.05) is 23.7 Å². The molecule has 0 aliphatic carbocycles. The number of rotatable bonds is 3. The Morgan fingerprint density at radius 3 is 2.57 bits per heavy atom. The van der Waals surface area contributed by atoms with Crippen molar-refractivity contribution in [3.63, 3.8) is 0 Å². The monoisotopic (exact) mass is 234 g/mol. The van der Waals surface area contributed by atoms with E-state index in [2.05, 4.69) is 4.18 Å². The average Bonchev–Trinajstić information content (AvgIpc) is 2.06.